The van der Waals surface area contributed by atoms with Crippen LogP contribution in [0.15, 0.2) is 6.07 Å². The van der Waals surface area contributed by atoms with Gasteiger partial charge >= 0.3 is 5.97 Å². The smallest absolute Gasteiger partial charge is 0.309 e. The topological polar surface area (TPSA) is 39.2 Å². The van der Waals surface area contributed by atoms with Crippen molar-refractivity contribution in [1.29, 1.82) is 0 Å². The molecule has 0 amide bonds. The number of pyridine rings is 1. The van der Waals surface area contributed by atoms with Crippen LogP contribution in [0, 0.1) is 5.95 Å². The third-order valence-electron chi connectivity index (χ3n) is 2.12. The van der Waals surface area contributed by atoms with Crippen LogP contribution in [0.25, 0.3) is 0 Å². The lowest BCUT2D eigenvalue weighted by atomic mass is 10.0. The summed E-state index contributed by atoms with van der Waals surface area (Å²) in [7, 11) is 1.15. The number of methoxy groups -OCH3 is 1. The van der Waals surface area contributed by atoms with Crippen molar-refractivity contribution < 1.29 is 22.7 Å². The summed E-state index contributed by atoms with van der Waals surface area (Å²) in [6.07, 6.45) is -3.27. The van der Waals surface area contributed by atoms with E-state index in [0.717, 1.165) is 13.2 Å². The summed E-state index contributed by atoms with van der Waals surface area (Å²) >= 11 is 5.51. The molecular formula is C10H9ClF3NO2. The number of hydrogen-bond donors (Lipinski definition) is 0. The van der Waals surface area contributed by atoms with Gasteiger partial charge in [0, 0.05) is 5.88 Å². The Hall–Kier alpha value is -1.30. The Balaban J connectivity index is 3.23. The Kier molecular flexibility index (Phi) is 4.74. The summed E-state index contributed by atoms with van der Waals surface area (Å²) in [4.78, 5) is 14.1. The summed E-state index contributed by atoms with van der Waals surface area (Å²) < 4.78 is 42.6. The molecule has 0 atom stereocenters. The van der Waals surface area contributed by atoms with Gasteiger partial charge in [0.05, 0.1) is 13.5 Å². The lowest BCUT2D eigenvalue weighted by molar-refractivity contribution is -0.139. The average molecular weight is 268 g/mol. The van der Waals surface area contributed by atoms with Gasteiger partial charge in [0.1, 0.15) is 5.69 Å². The summed E-state index contributed by atoms with van der Waals surface area (Å²) in [5.41, 5.74) is -0.706. The van der Waals surface area contributed by atoms with E-state index in [-0.39, 0.29) is 23.4 Å². The zero-order valence-electron chi connectivity index (χ0n) is 8.84. The van der Waals surface area contributed by atoms with E-state index < -0.39 is 24.0 Å². The maximum absolute atomic E-state index is 13.0. The molecule has 3 nitrogen and oxygen atoms in total. The van der Waals surface area contributed by atoms with E-state index in [9.17, 15) is 18.0 Å². The van der Waals surface area contributed by atoms with Crippen molar-refractivity contribution in [3.63, 3.8) is 0 Å². The van der Waals surface area contributed by atoms with E-state index in [0.29, 0.717) is 0 Å². The molecule has 94 valence electrons. The molecule has 1 heterocycles. The molecule has 0 aromatic carbocycles. The molecule has 1 rings (SSSR count). The van der Waals surface area contributed by atoms with Gasteiger partial charge in [-0.15, -0.1) is 11.6 Å². The van der Waals surface area contributed by atoms with Crippen molar-refractivity contribution in [3.8, 4) is 0 Å². The fraction of sp³-hybridized carbons (Fsp3) is 0.400. The van der Waals surface area contributed by atoms with Crippen LogP contribution in [0.3, 0.4) is 0 Å². The summed E-state index contributed by atoms with van der Waals surface area (Å²) in [6, 6.07) is 0.903. The predicted molar refractivity (Wildman–Crippen MR) is 54.4 cm³/mol. The van der Waals surface area contributed by atoms with Gasteiger partial charge in [-0.2, -0.15) is 4.39 Å². The highest BCUT2D eigenvalue weighted by molar-refractivity contribution is 6.17. The van der Waals surface area contributed by atoms with Gasteiger partial charge in [-0.1, -0.05) is 0 Å². The minimum absolute atomic E-state index is 0.0338. The van der Waals surface area contributed by atoms with Gasteiger partial charge in [0.25, 0.3) is 6.43 Å². The molecule has 0 aliphatic heterocycles. The summed E-state index contributed by atoms with van der Waals surface area (Å²) in [5, 5.41) is 0. The van der Waals surface area contributed by atoms with E-state index in [1.165, 1.54) is 0 Å². The Morgan fingerprint density at radius 1 is 1.59 bits per heavy atom. The first-order chi connectivity index (χ1) is 7.99. The Morgan fingerprint density at radius 2 is 2.24 bits per heavy atom. The number of ether oxygens (including phenoxy) is 1. The molecule has 0 radical (unpaired) electrons. The molecular weight excluding hydrogens is 259 g/mol. The van der Waals surface area contributed by atoms with Crippen LogP contribution in [-0.2, 0) is 21.8 Å². The second-order valence-corrected chi connectivity index (χ2v) is 3.42. The van der Waals surface area contributed by atoms with E-state index >= 15 is 0 Å². The van der Waals surface area contributed by atoms with Crippen LogP contribution in [-0.4, -0.2) is 18.1 Å². The van der Waals surface area contributed by atoms with Gasteiger partial charge in [-0.25, -0.2) is 13.8 Å². The fourth-order valence-corrected chi connectivity index (χ4v) is 1.64. The lowest BCUT2D eigenvalue weighted by Gasteiger charge is -2.11. The molecule has 0 saturated heterocycles. The van der Waals surface area contributed by atoms with Gasteiger partial charge in [-0.05, 0) is 17.2 Å². The van der Waals surface area contributed by atoms with Gasteiger partial charge in [-0.3, -0.25) is 4.79 Å². The Morgan fingerprint density at radius 3 is 2.71 bits per heavy atom. The van der Waals surface area contributed by atoms with E-state index in [1.807, 2.05) is 0 Å². The second-order valence-electron chi connectivity index (χ2n) is 3.16. The number of halogens is 4. The molecule has 0 unspecified atom stereocenters. The molecule has 1 aromatic heterocycles. The highest BCUT2D eigenvalue weighted by atomic mass is 35.5. The van der Waals surface area contributed by atoms with Crippen molar-refractivity contribution in [3.05, 3.63) is 28.8 Å². The van der Waals surface area contributed by atoms with Crippen molar-refractivity contribution in [2.24, 2.45) is 0 Å². The molecule has 0 fully saturated rings. The number of nitrogens with zero attached hydrogens (tertiary/aromatic N) is 1. The first-order valence-electron chi connectivity index (χ1n) is 4.58. The van der Waals surface area contributed by atoms with Crippen LogP contribution in [0.1, 0.15) is 23.2 Å². The fourth-order valence-electron chi connectivity index (χ4n) is 1.33. The van der Waals surface area contributed by atoms with Crippen LogP contribution >= 0.6 is 11.6 Å². The molecule has 17 heavy (non-hydrogen) atoms. The highest BCUT2D eigenvalue weighted by Gasteiger charge is 2.20. The number of esters is 1. The SMILES string of the molecule is COC(=O)Cc1cc(F)nc(C(F)F)c1CCl. The minimum Gasteiger partial charge on any atom is -0.469 e. The minimum atomic E-state index is -2.95. The number of hydrogen-bond acceptors (Lipinski definition) is 3. The maximum atomic E-state index is 13.0. The zero-order chi connectivity index (χ0) is 13.0. The van der Waals surface area contributed by atoms with Crippen molar-refractivity contribution >= 4 is 17.6 Å². The number of carbonyl (C=O) groups is 1. The molecule has 0 N–H and O–H groups in total. The quantitative estimate of drug-likeness (QED) is 0.478. The zero-order valence-corrected chi connectivity index (χ0v) is 9.60. The molecule has 0 spiro atoms. The first kappa shape index (κ1) is 13.8. The number of rotatable bonds is 4. The van der Waals surface area contributed by atoms with Crippen molar-refractivity contribution in [1.82, 2.24) is 4.98 Å². The normalized spacial score (nSPS) is 10.7. The largest absolute Gasteiger partial charge is 0.469 e. The Bertz CT molecular complexity index is 426. The van der Waals surface area contributed by atoms with Crippen LogP contribution in [0.5, 0.6) is 0 Å². The molecule has 0 bridgehead atoms. The molecule has 0 saturated carbocycles. The first-order valence-corrected chi connectivity index (χ1v) is 5.12. The van der Waals surface area contributed by atoms with Crippen LogP contribution in [0.2, 0.25) is 0 Å². The number of carbonyl (C=O) groups excluding carboxylic acids is 1. The van der Waals surface area contributed by atoms with E-state index in [4.69, 9.17) is 11.6 Å². The van der Waals surface area contributed by atoms with Gasteiger partial charge in [0.2, 0.25) is 5.95 Å². The van der Waals surface area contributed by atoms with Crippen LogP contribution in [0.4, 0.5) is 13.2 Å². The van der Waals surface area contributed by atoms with Crippen molar-refractivity contribution in [2.45, 2.75) is 18.7 Å². The van der Waals surface area contributed by atoms with Crippen LogP contribution < -0.4 is 0 Å². The third kappa shape index (κ3) is 3.33. The molecule has 1 aromatic rings. The van der Waals surface area contributed by atoms with Gasteiger partial charge in [0.15, 0.2) is 0 Å². The van der Waals surface area contributed by atoms with Crippen molar-refractivity contribution in [2.75, 3.05) is 7.11 Å². The lowest BCUT2D eigenvalue weighted by Crippen LogP contribution is -2.10. The predicted octanol–water partition coefficient (Wildman–Crippen LogP) is 2.61. The molecule has 0 aliphatic carbocycles. The summed E-state index contributed by atoms with van der Waals surface area (Å²) in [5.74, 6) is -2.02. The third-order valence-corrected chi connectivity index (χ3v) is 2.39. The van der Waals surface area contributed by atoms with Gasteiger partial charge < -0.3 is 4.74 Å². The molecule has 0 aliphatic rings. The average Bonchev–Trinajstić information content (AvgIpc) is 2.28. The van der Waals surface area contributed by atoms with E-state index in [1.54, 1.807) is 0 Å². The van der Waals surface area contributed by atoms with E-state index in [2.05, 4.69) is 9.72 Å². The number of alkyl halides is 3. The maximum Gasteiger partial charge on any atom is 0.309 e. The summed E-state index contributed by atoms with van der Waals surface area (Å²) in [6.45, 7) is 0. The molecule has 7 heteroatoms. The second kappa shape index (κ2) is 5.86. The number of aromatic nitrogens is 1. The highest BCUT2D eigenvalue weighted by Crippen LogP contribution is 2.26. The Labute approximate surface area is 101 Å². The monoisotopic (exact) mass is 267 g/mol. The standard InChI is InChI=1S/C10H9ClF3NO2/c1-17-8(16)3-5-2-7(12)15-9(10(13)14)6(5)4-11/h2,10H,3-4H2,1H3.